The fourth-order valence-electron chi connectivity index (χ4n) is 2.08. The Morgan fingerprint density at radius 1 is 1.32 bits per heavy atom. The lowest BCUT2D eigenvalue weighted by Crippen LogP contribution is -2.08. The molecule has 1 aromatic rings. The minimum absolute atomic E-state index is 0.547. The molecule has 19 heavy (non-hydrogen) atoms. The van der Waals surface area contributed by atoms with E-state index in [0.717, 1.165) is 42.0 Å². The van der Waals surface area contributed by atoms with Gasteiger partial charge < -0.3 is 10.1 Å². The summed E-state index contributed by atoms with van der Waals surface area (Å²) in [4.78, 5) is 9.15. The Balaban J connectivity index is 2.03. The smallest absolute Gasteiger partial charge is 0.221 e. The van der Waals surface area contributed by atoms with Gasteiger partial charge in [-0.15, -0.1) is 0 Å². The third-order valence-corrected chi connectivity index (χ3v) is 3.46. The molecule has 0 unspecified atom stereocenters. The molecule has 0 radical (unpaired) electrons. The molecular weight excluding hydrogens is 238 g/mol. The molecule has 4 nitrogen and oxygen atoms in total. The van der Waals surface area contributed by atoms with Crippen LogP contribution in [-0.2, 0) is 0 Å². The molecule has 1 aliphatic rings. The highest BCUT2D eigenvalue weighted by Crippen LogP contribution is 2.39. The van der Waals surface area contributed by atoms with E-state index in [9.17, 15) is 0 Å². The zero-order valence-corrected chi connectivity index (χ0v) is 12.5. The fraction of sp³-hybridized carbons (Fsp3) is 0.733. The molecule has 2 rings (SSSR count). The molecule has 0 atom stereocenters. The molecule has 1 fully saturated rings. The molecule has 0 saturated heterocycles. The van der Waals surface area contributed by atoms with Gasteiger partial charge in [0.25, 0.3) is 0 Å². The van der Waals surface area contributed by atoms with E-state index < -0.39 is 0 Å². The molecule has 106 valence electrons. The predicted molar refractivity (Wildman–Crippen MR) is 77.9 cm³/mol. The van der Waals surface area contributed by atoms with Crippen LogP contribution in [0.2, 0.25) is 0 Å². The fourth-order valence-corrected chi connectivity index (χ4v) is 2.08. The Bertz CT molecular complexity index is 428. The molecule has 1 saturated carbocycles. The number of nitrogens with zero attached hydrogens (tertiary/aromatic N) is 2. The number of nitrogens with one attached hydrogen (secondary N) is 1. The van der Waals surface area contributed by atoms with Crippen molar-refractivity contribution in [3.05, 3.63) is 11.4 Å². The topological polar surface area (TPSA) is 47.0 Å². The van der Waals surface area contributed by atoms with Crippen molar-refractivity contribution in [2.75, 3.05) is 19.0 Å². The highest BCUT2D eigenvalue weighted by molar-refractivity contribution is 5.48. The second-order valence-electron chi connectivity index (χ2n) is 5.77. The highest BCUT2D eigenvalue weighted by Gasteiger charge is 2.28. The van der Waals surface area contributed by atoms with E-state index in [1.165, 1.54) is 19.3 Å². The number of rotatable bonds is 7. The van der Waals surface area contributed by atoms with Gasteiger partial charge in [0.05, 0.1) is 12.2 Å². The molecule has 4 heteroatoms. The zero-order valence-electron chi connectivity index (χ0n) is 12.5. The lowest BCUT2D eigenvalue weighted by atomic mass is 10.1. The summed E-state index contributed by atoms with van der Waals surface area (Å²) >= 11 is 0. The minimum Gasteiger partial charge on any atom is -0.477 e. The minimum atomic E-state index is 0.547. The van der Waals surface area contributed by atoms with Gasteiger partial charge in [-0.2, -0.15) is 4.98 Å². The summed E-state index contributed by atoms with van der Waals surface area (Å²) in [6.45, 7) is 7.23. The average molecular weight is 263 g/mol. The van der Waals surface area contributed by atoms with Crippen molar-refractivity contribution in [2.45, 2.75) is 52.4 Å². The van der Waals surface area contributed by atoms with E-state index in [0.29, 0.717) is 5.92 Å². The van der Waals surface area contributed by atoms with Crippen LogP contribution >= 0.6 is 0 Å². The average Bonchev–Trinajstić information content (AvgIpc) is 3.20. The first-order chi connectivity index (χ1) is 9.11. The van der Waals surface area contributed by atoms with Crippen LogP contribution in [0.25, 0.3) is 0 Å². The molecular formula is C15H25N3O. The Labute approximate surface area is 116 Å². The van der Waals surface area contributed by atoms with Crippen molar-refractivity contribution in [3.8, 4) is 5.88 Å². The summed E-state index contributed by atoms with van der Waals surface area (Å²) in [6, 6.07) is 0. The van der Waals surface area contributed by atoms with Gasteiger partial charge in [0.1, 0.15) is 11.6 Å². The van der Waals surface area contributed by atoms with Crippen molar-refractivity contribution in [1.82, 2.24) is 9.97 Å². The number of ether oxygens (including phenoxy) is 1. The molecule has 0 aromatic carbocycles. The largest absolute Gasteiger partial charge is 0.477 e. The third kappa shape index (κ3) is 3.82. The van der Waals surface area contributed by atoms with Crippen LogP contribution in [0.15, 0.2) is 0 Å². The summed E-state index contributed by atoms with van der Waals surface area (Å²) in [6.07, 6.45) is 4.69. The van der Waals surface area contributed by atoms with Crippen molar-refractivity contribution in [1.29, 1.82) is 0 Å². The Morgan fingerprint density at radius 3 is 2.63 bits per heavy atom. The van der Waals surface area contributed by atoms with Crippen LogP contribution in [0.5, 0.6) is 5.88 Å². The second kappa shape index (κ2) is 6.22. The standard InChI is InChI=1S/C15H25N3O/c1-10(2)6-5-9-19-15-11(3)13(16-4)17-14(18-15)12-7-8-12/h10,12H,5-9H2,1-4H3,(H,16,17,18). The normalized spacial score (nSPS) is 14.8. The van der Waals surface area contributed by atoms with Gasteiger partial charge in [-0.1, -0.05) is 13.8 Å². The second-order valence-corrected chi connectivity index (χ2v) is 5.77. The number of hydrogen-bond donors (Lipinski definition) is 1. The lowest BCUT2D eigenvalue weighted by molar-refractivity contribution is 0.284. The van der Waals surface area contributed by atoms with Crippen LogP contribution in [0.4, 0.5) is 5.82 Å². The Kier molecular flexibility index (Phi) is 4.61. The van der Waals surface area contributed by atoms with Crippen molar-refractivity contribution in [2.24, 2.45) is 5.92 Å². The van der Waals surface area contributed by atoms with E-state index in [-0.39, 0.29) is 0 Å². The summed E-state index contributed by atoms with van der Waals surface area (Å²) in [5.41, 5.74) is 1.01. The van der Waals surface area contributed by atoms with Gasteiger partial charge in [-0.25, -0.2) is 4.98 Å². The van der Waals surface area contributed by atoms with Crippen molar-refractivity contribution < 1.29 is 4.74 Å². The monoisotopic (exact) mass is 263 g/mol. The molecule has 0 aliphatic heterocycles. The van der Waals surface area contributed by atoms with E-state index in [1.54, 1.807) is 0 Å². The lowest BCUT2D eigenvalue weighted by Gasteiger charge is -2.13. The maximum absolute atomic E-state index is 5.86. The quantitative estimate of drug-likeness (QED) is 0.765. The van der Waals surface area contributed by atoms with E-state index in [4.69, 9.17) is 4.74 Å². The Hall–Kier alpha value is -1.32. The van der Waals surface area contributed by atoms with Crippen LogP contribution in [-0.4, -0.2) is 23.6 Å². The van der Waals surface area contributed by atoms with Crippen molar-refractivity contribution in [3.63, 3.8) is 0 Å². The van der Waals surface area contributed by atoms with E-state index >= 15 is 0 Å². The number of hydrogen-bond acceptors (Lipinski definition) is 4. The van der Waals surface area contributed by atoms with Crippen LogP contribution in [0, 0.1) is 12.8 Å². The van der Waals surface area contributed by atoms with Crippen molar-refractivity contribution >= 4 is 5.82 Å². The summed E-state index contributed by atoms with van der Waals surface area (Å²) in [5.74, 6) is 3.87. The SMILES string of the molecule is CNc1nc(C2CC2)nc(OCCCC(C)C)c1C. The first kappa shape index (κ1) is 14.1. The Morgan fingerprint density at radius 2 is 2.05 bits per heavy atom. The first-order valence-corrected chi connectivity index (χ1v) is 7.31. The van der Waals surface area contributed by atoms with Gasteiger partial charge in [-0.05, 0) is 38.5 Å². The molecule has 1 aromatic heterocycles. The van der Waals surface area contributed by atoms with E-state index in [2.05, 4.69) is 29.1 Å². The zero-order chi connectivity index (χ0) is 13.8. The number of aromatic nitrogens is 2. The summed E-state index contributed by atoms with van der Waals surface area (Å²) < 4.78 is 5.86. The van der Waals surface area contributed by atoms with Crippen LogP contribution in [0.3, 0.4) is 0 Å². The maximum Gasteiger partial charge on any atom is 0.221 e. The molecule has 0 amide bonds. The van der Waals surface area contributed by atoms with Gasteiger partial charge in [0.2, 0.25) is 5.88 Å². The predicted octanol–water partition coefficient (Wildman–Crippen LogP) is 3.52. The molecule has 1 aliphatic carbocycles. The van der Waals surface area contributed by atoms with E-state index in [1.807, 2.05) is 14.0 Å². The van der Waals surface area contributed by atoms with Crippen LogP contribution in [0.1, 0.15) is 56.8 Å². The summed E-state index contributed by atoms with van der Waals surface area (Å²) in [5, 5.41) is 3.14. The molecule has 0 bridgehead atoms. The van der Waals surface area contributed by atoms with Crippen LogP contribution < -0.4 is 10.1 Å². The maximum atomic E-state index is 5.86. The van der Waals surface area contributed by atoms with Gasteiger partial charge in [0, 0.05) is 13.0 Å². The summed E-state index contributed by atoms with van der Waals surface area (Å²) in [7, 11) is 1.90. The first-order valence-electron chi connectivity index (χ1n) is 7.31. The molecule has 1 N–H and O–H groups in total. The molecule has 1 heterocycles. The van der Waals surface area contributed by atoms with Gasteiger partial charge in [0.15, 0.2) is 0 Å². The third-order valence-electron chi connectivity index (χ3n) is 3.46. The molecule has 0 spiro atoms. The van der Waals surface area contributed by atoms with Gasteiger partial charge in [-0.3, -0.25) is 0 Å². The number of anilines is 1. The van der Waals surface area contributed by atoms with Gasteiger partial charge >= 0.3 is 0 Å². The highest BCUT2D eigenvalue weighted by atomic mass is 16.5.